The van der Waals surface area contributed by atoms with Crippen molar-refractivity contribution in [2.75, 3.05) is 0 Å². The van der Waals surface area contributed by atoms with E-state index < -0.39 is 0 Å². The van der Waals surface area contributed by atoms with E-state index in [1.54, 1.807) is 0 Å². The van der Waals surface area contributed by atoms with Gasteiger partial charge in [-0.05, 0) is 39.9 Å². The van der Waals surface area contributed by atoms with Gasteiger partial charge in [0.1, 0.15) is 23.2 Å². The summed E-state index contributed by atoms with van der Waals surface area (Å²) in [7, 11) is 0. The van der Waals surface area contributed by atoms with Crippen LogP contribution < -0.4 is 5.32 Å². The van der Waals surface area contributed by atoms with E-state index in [1.807, 2.05) is 47.7 Å². The monoisotopic (exact) mass is 735 g/mol. The predicted molar refractivity (Wildman–Crippen MR) is 235 cm³/mol. The molecule has 0 aliphatic carbocycles. The molecule has 56 heavy (non-hydrogen) atoms. The first-order valence-corrected chi connectivity index (χ1v) is 19.7. The van der Waals surface area contributed by atoms with Gasteiger partial charge in [-0.25, -0.2) is 9.98 Å². The van der Waals surface area contributed by atoms with Crippen molar-refractivity contribution in [1.82, 2.24) is 5.32 Å². The van der Waals surface area contributed by atoms with Crippen LogP contribution in [0.4, 0.5) is 0 Å². The molecule has 1 aliphatic rings. The van der Waals surface area contributed by atoms with E-state index in [2.05, 4.69) is 157 Å². The second-order valence-corrected chi connectivity index (χ2v) is 15.2. The van der Waals surface area contributed by atoms with Gasteiger partial charge in [-0.3, -0.25) is 0 Å². The van der Waals surface area contributed by atoms with Crippen LogP contribution >= 0.6 is 11.3 Å². The average molecular weight is 736 g/mol. The Labute approximate surface area is 327 Å². The second-order valence-electron chi connectivity index (χ2n) is 14.1. The highest BCUT2D eigenvalue weighted by Gasteiger charge is 2.23. The fraction of sp³-hybridized carbons (Fsp3) is 0.0196. The number of aliphatic imine (C=N–C) groups is 2. The number of hydrogen-bond donors (Lipinski definition) is 1. The fourth-order valence-electron chi connectivity index (χ4n) is 8.04. The maximum Gasteiger partial charge on any atom is 0.159 e. The Bertz CT molecular complexity index is 3160. The molecule has 264 valence electrons. The number of rotatable bonds is 6. The minimum Gasteiger partial charge on any atom is -0.455 e. The number of fused-ring (bicyclic) bond motifs is 6. The summed E-state index contributed by atoms with van der Waals surface area (Å²) in [6.07, 6.45) is -0.292. The molecule has 8 aromatic carbocycles. The summed E-state index contributed by atoms with van der Waals surface area (Å²) in [5.74, 6) is 1.52. The molecule has 1 atom stereocenters. The van der Waals surface area contributed by atoms with Crippen LogP contribution in [0.1, 0.15) is 22.9 Å². The number of nitrogens with zero attached hydrogens (tertiary/aromatic N) is 2. The van der Waals surface area contributed by atoms with E-state index in [0.29, 0.717) is 5.84 Å². The molecule has 0 bridgehead atoms. The summed E-state index contributed by atoms with van der Waals surface area (Å²) < 4.78 is 8.95. The van der Waals surface area contributed by atoms with Gasteiger partial charge >= 0.3 is 0 Å². The number of furan rings is 1. The molecule has 1 aliphatic heterocycles. The molecule has 0 radical (unpaired) electrons. The first-order valence-electron chi connectivity index (χ1n) is 18.8. The van der Waals surface area contributed by atoms with Crippen LogP contribution in [0.3, 0.4) is 0 Å². The van der Waals surface area contributed by atoms with Gasteiger partial charge in [0.15, 0.2) is 5.84 Å². The number of amidine groups is 2. The lowest BCUT2D eigenvalue weighted by molar-refractivity contribution is 0.670. The molecule has 4 nitrogen and oxygen atoms in total. The Balaban J connectivity index is 1.01. The van der Waals surface area contributed by atoms with Crippen molar-refractivity contribution in [3.8, 4) is 33.4 Å². The molecular weight excluding hydrogens is 703 g/mol. The van der Waals surface area contributed by atoms with Crippen LogP contribution in [-0.2, 0) is 0 Å². The van der Waals surface area contributed by atoms with E-state index in [9.17, 15) is 0 Å². The Morgan fingerprint density at radius 3 is 1.88 bits per heavy atom. The molecule has 0 amide bonds. The van der Waals surface area contributed by atoms with E-state index in [4.69, 9.17) is 14.4 Å². The van der Waals surface area contributed by atoms with Gasteiger partial charge in [-0.1, -0.05) is 176 Å². The van der Waals surface area contributed by atoms with Crippen LogP contribution in [0, 0.1) is 0 Å². The number of hydrogen-bond acceptors (Lipinski definition) is 5. The molecular formula is C51H33N3OS. The first-order chi connectivity index (χ1) is 27.7. The minimum absolute atomic E-state index is 0.292. The molecule has 1 N–H and O–H groups in total. The SMILES string of the molecule is c1ccc(C2=NC(c3ccc4c(c3)sc3c(-c5ccccc5-c5cccc6c5oc5ccccc56)cccc34)=NC(c3ccc(-c4ccccc4)cc3)N2)cc1. The van der Waals surface area contributed by atoms with Crippen LogP contribution in [0.15, 0.2) is 202 Å². The van der Waals surface area contributed by atoms with Crippen LogP contribution in [-0.4, -0.2) is 11.7 Å². The lowest BCUT2D eigenvalue weighted by Crippen LogP contribution is -2.33. The quantitative estimate of drug-likeness (QED) is 0.185. The van der Waals surface area contributed by atoms with E-state index in [1.165, 1.54) is 42.4 Å². The van der Waals surface area contributed by atoms with Gasteiger partial charge in [0.2, 0.25) is 0 Å². The van der Waals surface area contributed by atoms with Crippen molar-refractivity contribution in [1.29, 1.82) is 0 Å². The van der Waals surface area contributed by atoms with Crippen LogP contribution in [0.25, 0.3) is 75.5 Å². The molecule has 0 fully saturated rings. The van der Waals surface area contributed by atoms with Gasteiger partial charge in [0, 0.05) is 53.2 Å². The molecule has 1 unspecified atom stereocenters. The minimum atomic E-state index is -0.292. The third-order valence-electron chi connectivity index (χ3n) is 10.8. The normalized spacial score (nSPS) is 14.2. The summed E-state index contributed by atoms with van der Waals surface area (Å²) in [5.41, 5.74) is 11.9. The van der Waals surface area contributed by atoms with E-state index in [0.717, 1.165) is 55.6 Å². The smallest absolute Gasteiger partial charge is 0.159 e. The fourth-order valence-corrected chi connectivity index (χ4v) is 9.31. The third kappa shape index (κ3) is 5.52. The van der Waals surface area contributed by atoms with Crippen molar-refractivity contribution in [3.63, 3.8) is 0 Å². The number of nitrogens with one attached hydrogen (secondary N) is 1. The maximum atomic E-state index is 6.51. The standard InChI is InChI=1S/C51H33N3OS/c1-3-13-32(14-4-1)33-25-27-35(28-26-33)50-52-49(34-15-5-2-6-16-34)53-51(54-50)36-29-30-40-44-23-12-22-43(48(44)56-46(40)31-36)38-18-8-7-17-37(38)41-20-11-21-42-39-19-9-10-24-45(39)55-47(41)42/h1-31,50H,(H,52,53,54). The highest BCUT2D eigenvalue weighted by atomic mass is 32.1. The number of thiophene rings is 1. The molecule has 10 aromatic rings. The van der Waals surface area contributed by atoms with Crippen molar-refractivity contribution in [2.45, 2.75) is 6.17 Å². The number of para-hydroxylation sites is 2. The second kappa shape index (κ2) is 13.3. The zero-order valence-electron chi connectivity index (χ0n) is 30.2. The molecule has 0 spiro atoms. The van der Waals surface area contributed by atoms with Gasteiger partial charge in [0.25, 0.3) is 0 Å². The van der Waals surface area contributed by atoms with Crippen LogP contribution in [0.2, 0.25) is 0 Å². The van der Waals surface area contributed by atoms with E-state index >= 15 is 0 Å². The van der Waals surface area contributed by atoms with Gasteiger partial charge < -0.3 is 9.73 Å². The summed E-state index contributed by atoms with van der Waals surface area (Å²) >= 11 is 1.82. The van der Waals surface area contributed by atoms with E-state index in [-0.39, 0.29) is 6.17 Å². The molecule has 5 heteroatoms. The first kappa shape index (κ1) is 32.4. The predicted octanol–water partition coefficient (Wildman–Crippen LogP) is 13.5. The lowest BCUT2D eigenvalue weighted by Gasteiger charge is -2.24. The largest absolute Gasteiger partial charge is 0.455 e. The van der Waals surface area contributed by atoms with Crippen LogP contribution in [0.5, 0.6) is 0 Å². The summed E-state index contributed by atoms with van der Waals surface area (Å²) in [4.78, 5) is 10.4. The highest BCUT2D eigenvalue weighted by Crippen LogP contribution is 2.45. The highest BCUT2D eigenvalue weighted by molar-refractivity contribution is 7.26. The number of benzene rings is 8. The van der Waals surface area contributed by atoms with Crippen molar-refractivity contribution < 1.29 is 4.42 Å². The maximum absolute atomic E-state index is 6.51. The van der Waals surface area contributed by atoms with Crippen molar-refractivity contribution >= 4 is 65.1 Å². The summed E-state index contributed by atoms with van der Waals surface area (Å²) in [5, 5.41) is 8.35. The molecule has 11 rings (SSSR count). The van der Waals surface area contributed by atoms with Crippen molar-refractivity contribution in [3.05, 3.63) is 205 Å². The summed E-state index contributed by atoms with van der Waals surface area (Å²) in [6, 6.07) is 66.2. The Hall–Kier alpha value is -7.08. The lowest BCUT2D eigenvalue weighted by atomic mass is 9.92. The Kier molecular flexibility index (Phi) is 7.71. The zero-order chi connectivity index (χ0) is 37.0. The molecule has 0 saturated carbocycles. The third-order valence-corrected chi connectivity index (χ3v) is 12.0. The van der Waals surface area contributed by atoms with Gasteiger partial charge in [0.05, 0.1) is 0 Å². The molecule has 3 heterocycles. The average Bonchev–Trinajstić information content (AvgIpc) is 3.85. The Morgan fingerprint density at radius 2 is 1.07 bits per heavy atom. The van der Waals surface area contributed by atoms with Gasteiger partial charge in [-0.15, -0.1) is 11.3 Å². The van der Waals surface area contributed by atoms with Crippen molar-refractivity contribution in [2.24, 2.45) is 9.98 Å². The summed E-state index contributed by atoms with van der Waals surface area (Å²) in [6.45, 7) is 0. The Morgan fingerprint density at radius 1 is 0.464 bits per heavy atom. The van der Waals surface area contributed by atoms with Gasteiger partial charge in [-0.2, -0.15) is 0 Å². The molecule has 2 aromatic heterocycles. The molecule has 0 saturated heterocycles. The topological polar surface area (TPSA) is 49.9 Å². The zero-order valence-corrected chi connectivity index (χ0v) is 31.0.